The van der Waals surface area contributed by atoms with Crippen LogP contribution in [0, 0.1) is 0 Å². The van der Waals surface area contributed by atoms with Gasteiger partial charge in [-0.15, -0.1) is 0 Å². The van der Waals surface area contributed by atoms with Crippen molar-refractivity contribution >= 4 is 5.69 Å². The number of hydrogen-bond donors (Lipinski definition) is 1. The average molecular weight is 280 g/mol. The minimum Gasteiger partial charge on any atom is -0.399 e. The highest BCUT2D eigenvalue weighted by molar-refractivity contribution is 5.41. The molecular weight excluding hydrogens is 256 g/mol. The monoisotopic (exact) mass is 280 g/mol. The molecule has 0 spiro atoms. The lowest BCUT2D eigenvalue weighted by Crippen LogP contribution is -2.33. The molecule has 21 heavy (non-hydrogen) atoms. The van der Waals surface area contributed by atoms with Gasteiger partial charge in [0.15, 0.2) is 0 Å². The lowest BCUT2D eigenvalue weighted by molar-refractivity contribution is 0.240. The van der Waals surface area contributed by atoms with Gasteiger partial charge in [-0.05, 0) is 48.2 Å². The van der Waals surface area contributed by atoms with Gasteiger partial charge in [0, 0.05) is 24.7 Å². The average Bonchev–Trinajstić information content (AvgIpc) is 2.45. The number of rotatable bonds is 6. The molecule has 110 valence electrons. The highest BCUT2D eigenvalue weighted by Gasteiger charge is 2.26. The summed E-state index contributed by atoms with van der Waals surface area (Å²) < 4.78 is 0. The Kier molecular flexibility index (Phi) is 4.26. The van der Waals surface area contributed by atoms with Crippen molar-refractivity contribution in [3.05, 3.63) is 65.2 Å². The van der Waals surface area contributed by atoms with Crippen LogP contribution in [0.2, 0.25) is 0 Å². The fraction of sp³-hybridized carbons (Fsp3) is 0.368. The molecule has 0 saturated heterocycles. The predicted octanol–water partition coefficient (Wildman–Crippen LogP) is 3.82. The number of nitrogens with zero attached hydrogens (tertiary/aromatic N) is 1. The molecule has 2 aromatic rings. The molecule has 1 aliphatic carbocycles. The van der Waals surface area contributed by atoms with Crippen molar-refractivity contribution in [1.82, 2.24) is 4.90 Å². The van der Waals surface area contributed by atoms with E-state index >= 15 is 0 Å². The van der Waals surface area contributed by atoms with Crippen molar-refractivity contribution in [3.63, 3.8) is 0 Å². The van der Waals surface area contributed by atoms with Gasteiger partial charge in [0.1, 0.15) is 0 Å². The number of fused-ring (bicyclic) bond motifs is 1. The first-order valence-electron chi connectivity index (χ1n) is 7.91. The number of nitrogen functional groups attached to an aromatic ring is 1. The van der Waals surface area contributed by atoms with Gasteiger partial charge in [0.25, 0.3) is 0 Å². The van der Waals surface area contributed by atoms with E-state index in [-0.39, 0.29) is 0 Å². The van der Waals surface area contributed by atoms with Crippen LogP contribution in [0.15, 0.2) is 48.5 Å². The van der Waals surface area contributed by atoms with Crippen LogP contribution in [-0.4, -0.2) is 18.0 Å². The fourth-order valence-electron chi connectivity index (χ4n) is 3.34. The molecule has 0 fully saturated rings. The highest BCUT2D eigenvalue weighted by atomic mass is 15.1. The normalized spacial score (nSPS) is 16.6. The van der Waals surface area contributed by atoms with E-state index in [0.29, 0.717) is 5.92 Å². The Morgan fingerprint density at radius 2 is 2.00 bits per heavy atom. The van der Waals surface area contributed by atoms with Crippen molar-refractivity contribution in [1.29, 1.82) is 0 Å². The largest absolute Gasteiger partial charge is 0.399 e. The molecule has 0 bridgehead atoms. The molecular formula is C19H24N2. The Morgan fingerprint density at radius 1 is 1.14 bits per heavy atom. The van der Waals surface area contributed by atoms with Gasteiger partial charge >= 0.3 is 0 Å². The summed E-state index contributed by atoms with van der Waals surface area (Å²) in [6, 6.07) is 17.1. The summed E-state index contributed by atoms with van der Waals surface area (Å²) in [4.78, 5) is 2.56. The summed E-state index contributed by atoms with van der Waals surface area (Å²) in [5.41, 5.74) is 11.1. The topological polar surface area (TPSA) is 29.3 Å². The molecule has 0 aromatic heterocycles. The summed E-state index contributed by atoms with van der Waals surface area (Å²) in [6.45, 7) is 5.55. The minimum absolute atomic E-state index is 0.703. The second kappa shape index (κ2) is 6.31. The summed E-state index contributed by atoms with van der Waals surface area (Å²) in [7, 11) is 0. The van der Waals surface area contributed by atoms with E-state index in [2.05, 4.69) is 48.2 Å². The molecule has 3 rings (SSSR count). The zero-order chi connectivity index (χ0) is 14.7. The molecule has 2 heteroatoms. The standard InChI is InChI=1S/C19H24N2/c1-2-10-21(13-15-6-5-8-18(20)11-15)14-17-12-16-7-3-4-9-19(16)17/h3-9,11,17H,2,10,12-14,20H2,1H3. The van der Waals surface area contributed by atoms with Gasteiger partial charge in [-0.25, -0.2) is 0 Å². The molecule has 0 amide bonds. The summed E-state index contributed by atoms with van der Waals surface area (Å²) >= 11 is 0. The smallest absolute Gasteiger partial charge is 0.0317 e. The van der Waals surface area contributed by atoms with Crippen LogP contribution in [0.5, 0.6) is 0 Å². The van der Waals surface area contributed by atoms with E-state index in [1.807, 2.05) is 12.1 Å². The zero-order valence-corrected chi connectivity index (χ0v) is 12.8. The fourth-order valence-corrected chi connectivity index (χ4v) is 3.34. The van der Waals surface area contributed by atoms with Gasteiger partial charge < -0.3 is 5.73 Å². The first kappa shape index (κ1) is 14.2. The molecule has 1 atom stereocenters. The molecule has 1 aliphatic rings. The molecule has 2 aromatic carbocycles. The van der Waals surface area contributed by atoms with Gasteiger partial charge in [-0.1, -0.05) is 43.3 Å². The second-order valence-corrected chi connectivity index (χ2v) is 6.08. The van der Waals surface area contributed by atoms with Crippen molar-refractivity contribution in [2.75, 3.05) is 18.8 Å². The van der Waals surface area contributed by atoms with Gasteiger partial charge in [0.2, 0.25) is 0 Å². The van der Waals surface area contributed by atoms with Crippen LogP contribution in [0.25, 0.3) is 0 Å². The third kappa shape index (κ3) is 3.27. The molecule has 0 saturated carbocycles. The first-order valence-corrected chi connectivity index (χ1v) is 7.91. The SMILES string of the molecule is CCCN(Cc1cccc(N)c1)CC1Cc2ccccc21. The van der Waals surface area contributed by atoms with Crippen molar-refractivity contribution in [2.45, 2.75) is 32.2 Å². The Hall–Kier alpha value is -1.80. The van der Waals surface area contributed by atoms with Crippen LogP contribution < -0.4 is 5.73 Å². The van der Waals surface area contributed by atoms with E-state index < -0.39 is 0 Å². The van der Waals surface area contributed by atoms with Gasteiger partial charge in [-0.2, -0.15) is 0 Å². The number of benzene rings is 2. The predicted molar refractivity (Wildman–Crippen MR) is 89.3 cm³/mol. The van der Waals surface area contributed by atoms with E-state index in [0.717, 1.165) is 25.3 Å². The molecule has 2 nitrogen and oxygen atoms in total. The summed E-state index contributed by atoms with van der Waals surface area (Å²) in [5, 5.41) is 0. The van der Waals surface area contributed by atoms with Gasteiger partial charge in [0.05, 0.1) is 0 Å². The number of hydrogen-bond acceptors (Lipinski definition) is 2. The van der Waals surface area contributed by atoms with E-state index in [1.54, 1.807) is 5.56 Å². The van der Waals surface area contributed by atoms with Crippen molar-refractivity contribution in [3.8, 4) is 0 Å². The molecule has 0 radical (unpaired) electrons. The third-order valence-electron chi connectivity index (χ3n) is 4.34. The molecule has 0 heterocycles. The molecule has 0 aliphatic heterocycles. The summed E-state index contributed by atoms with van der Waals surface area (Å²) in [5.74, 6) is 0.703. The van der Waals surface area contributed by atoms with Crippen molar-refractivity contribution in [2.24, 2.45) is 0 Å². The van der Waals surface area contributed by atoms with Crippen LogP contribution in [0.3, 0.4) is 0 Å². The third-order valence-corrected chi connectivity index (χ3v) is 4.34. The maximum atomic E-state index is 5.89. The van der Waals surface area contributed by atoms with Crippen LogP contribution in [0.4, 0.5) is 5.69 Å². The quantitative estimate of drug-likeness (QED) is 0.815. The van der Waals surface area contributed by atoms with Crippen LogP contribution in [-0.2, 0) is 13.0 Å². The first-order chi connectivity index (χ1) is 10.3. The Bertz CT molecular complexity index is 606. The van der Waals surface area contributed by atoms with E-state index in [4.69, 9.17) is 5.73 Å². The van der Waals surface area contributed by atoms with E-state index in [9.17, 15) is 0 Å². The summed E-state index contributed by atoms with van der Waals surface area (Å²) in [6.07, 6.45) is 2.42. The maximum absolute atomic E-state index is 5.89. The minimum atomic E-state index is 0.703. The Balaban J connectivity index is 1.66. The maximum Gasteiger partial charge on any atom is 0.0317 e. The Morgan fingerprint density at radius 3 is 2.76 bits per heavy atom. The van der Waals surface area contributed by atoms with Crippen LogP contribution in [0.1, 0.15) is 36.0 Å². The zero-order valence-electron chi connectivity index (χ0n) is 12.8. The second-order valence-electron chi connectivity index (χ2n) is 6.08. The van der Waals surface area contributed by atoms with Gasteiger partial charge in [-0.3, -0.25) is 4.90 Å². The lowest BCUT2D eigenvalue weighted by Gasteiger charge is -2.35. The highest BCUT2D eigenvalue weighted by Crippen LogP contribution is 2.35. The number of anilines is 1. The lowest BCUT2D eigenvalue weighted by atomic mass is 9.77. The van der Waals surface area contributed by atoms with Crippen LogP contribution >= 0.6 is 0 Å². The molecule has 1 unspecified atom stereocenters. The number of nitrogens with two attached hydrogens (primary N) is 1. The van der Waals surface area contributed by atoms with Crippen molar-refractivity contribution < 1.29 is 0 Å². The van der Waals surface area contributed by atoms with E-state index in [1.165, 1.54) is 24.0 Å². The molecule has 2 N–H and O–H groups in total. The Labute approximate surface area is 127 Å².